The van der Waals surface area contributed by atoms with Gasteiger partial charge in [0.05, 0.1) is 29.9 Å². The zero-order valence-electron chi connectivity index (χ0n) is 12.3. The smallest absolute Gasteiger partial charge is 0.494 e. The molecule has 0 amide bonds. The Morgan fingerprint density at radius 3 is 2.20 bits per heavy atom. The Bertz CT molecular complexity index is 565. The van der Waals surface area contributed by atoms with Crippen molar-refractivity contribution >= 4 is 12.6 Å². The van der Waals surface area contributed by atoms with Gasteiger partial charge in [-0.1, -0.05) is 0 Å². The zero-order valence-corrected chi connectivity index (χ0v) is 12.3. The predicted molar refractivity (Wildman–Crippen MR) is 73.4 cm³/mol. The lowest BCUT2D eigenvalue weighted by Crippen LogP contribution is -2.41. The van der Waals surface area contributed by atoms with Crippen molar-refractivity contribution in [2.45, 2.75) is 38.9 Å². The van der Waals surface area contributed by atoms with Crippen LogP contribution in [-0.4, -0.2) is 25.4 Å². The number of hydrogen-bond acceptors (Lipinski definition) is 4. The van der Waals surface area contributed by atoms with Gasteiger partial charge in [0.2, 0.25) is 0 Å². The molecule has 0 saturated carbocycles. The van der Waals surface area contributed by atoms with E-state index in [0.717, 1.165) is 0 Å². The average Bonchev–Trinajstić information content (AvgIpc) is 2.58. The second-order valence-corrected chi connectivity index (χ2v) is 5.77. The van der Waals surface area contributed by atoms with E-state index in [0.29, 0.717) is 5.46 Å². The Morgan fingerprint density at radius 2 is 1.75 bits per heavy atom. The van der Waals surface area contributed by atoms with Crippen molar-refractivity contribution in [3.8, 4) is 11.8 Å². The first-order chi connectivity index (χ1) is 9.21. The van der Waals surface area contributed by atoms with Crippen LogP contribution in [0.15, 0.2) is 12.1 Å². The van der Waals surface area contributed by atoms with E-state index in [1.165, 1.54) is 19.2 Å². The van der Waals surface area contributed by atoms with Gasteiger partial charge in [-0.3, -0.25) is 0 Å². The van der Waals surface area contributed by atoms with Gasteiger partial charge in [-0.05, 0) is 33.8 Å². The minimum atomic E-state index is -0.768. The van der Waals surface area contributed by atoms with Gasteiger partial charge >= 0.3 is 7.12 Å². The standard InChI is InChI=1S/C14H17BFNO3/c1-13(2)14(3,4)20-15(19-13)10-7-11(16)12(18-5)6-9(10)8-17/h6-7H,1-5H3. The van der Waals surface area contributed by atoms with Crippen molar-refractivity contribution in [3.63, 3.8) is 0 Å². The third-order valence-corrected chi connectivity index (χ3v) is 3.95. The summed E-state index contributed by atoms with van der Waals surface area (Å²) in [6.45, 7) is 7.61. The SMILES string of the molecule is COc1cc(C#N)c(B2OC(C)(C)C(C)(C)O2)cc1F. The average molecular weight is 277 g/mol. The van der Waals surface area contributed by atoms with Crippen LogP contribution in [0.3, 0.4) is 0 Å². The van der Waals surface area contributed by atoms with E-state index >= 15 is 0 Å². The summed E-state index contributed by atoms with van der Waals surface area (Å²) >= 11 is 0. The molecular weight excluding hydrogens is 260 g/mol. The molecule has 1 heterocycles. The summed E-state index contributed by atoms with van der Waals surface area (Å²) in [6, 6.07) is 4.61. The van der Waals surface area contributed by atoms with Gasteiger partial charge in [0, 0.05) is 11.5 Å². The molecule has 0 aromatic heterocycles. The topological polar surface area (TPSA) is 51.5 Å². The first-order valence-corrected chi connectivity index (χ1v) is 6.35. The highest BCUT2D eigenvalue weighted by molar-refractivity contribution is 6.62. The number of nitriles is 1. The molecule has 0 N–H and O–H groups in total. The van der Waals surface area contributed by atoms with E-state index in [1.807, 2.05) is 33.8 Å². The van der Waals surface area contributed by atoms with Gasteiger partial charge in [0.25, 0.3) is 0 Å². The Morgan fingerprint density at radius 1 is 1.20 bits per heavy atom. The Kier molecular flexibility index (Phi) is 3.53. The summed E-state index contributed by atoms with van der Waals surface area (Å²) in [5, 5.41) is 9.21. The van der Waals surface area contributed by atoms with E-state index in [9.17, 15) is 9.65 Å². The molecule has 0 atom stereocenters. The number of hydrogen-bond donors (Lipinski definition) is 0. The lowest BCUT2D eigenvalue weighted by atomic mass is 9.76. The number of halogens is 1. The quantitative estimate of drug-likeness (QED) is 0.776. The summed E-state index contributed by atoms with van der Waals surface area (Å²) in [4.78, 5) is 0. The van der Waals surface area contributed by atoms with E-state index in [4.69, 9.17) is 14.0 Å². The van der Waals surface area contributed by atoms with Crippen molar-refractivity contribution in [2.24, 2.45) is 0 Å². The van der Waals surface area contributed by atoms with E-state index < -0.39 is 24.1 Å². The highest BCUT2D eigenvalue weighted by Gasteiger charge is 2.52. The molecule has 1 fully saturated rings. The van der Waals surface area contributed by atoms with Crippen LogP contribution < -0.4 is 10.2 Å². The van der Waals surface area contributed by atoms with Gasteiger partial charge in [0.1, 0.15) is 0 Å². The second kappa shape index (κ2) is 4.76. The summed E-state index contributed by atoms with van der Waals surface area (Å²) in [5.74, 6) is -0.516. The van der Waals surface area contributed by atoms with Gasteiger partial charge in [-0.2, -0.15) is 5.26 Å². The van der Waals surface area contributed by atoms with Crippen LogP contribution in [0.5, 0.6) is 5.75 Å². The Balaban J connectivity index is 2.45. The van der Waals surface area contributed by atoms with Gasteiger partial charge < -0.3 is 14.0 Å². The summed E-state index contributed by atoms with van der Waals surface area (Å²) in [7, 11) is 0.587. The highest BCUT2D eigenvalue weighted by Crippen LogP contribution is 2.37. The van der Waals surface area contributed by atoms with Crippen molar-refractivity contribution < 1.29 is 18.4 Å². The molecule has 0 radical (unpaired) electrons. The van der Waals surface area contributed by atoms with Crippen molar-refractivity contribution in [3.05, 3.63) is 23.5 Å². The predicted octanol–water partition coefficient (Wildman–Crippen LogP) is 2.01. The van der Waals surface area contributed by atoms with Crippen molar-refractivity contribution in [1.82, 2.24) is 0 Å². The first kappa shape index (κ1) is 14.8. The van der Waals surface area contributed by atoms with Crippen LogP contribution in [0, 0.1) is 17.1 Å². The van der Waals surface area contributed by atoms with Crippen molar-refractivity contribution in [2.75, 3.05) is 7.11 Å². The van der Waals surface area contributed by atoms with Crippen LogP contribution in [0.4, 0.5) is 4.39 Å². The molecular formula is C14H17BFNO3. The van der Waals surface area contributed by atoms with Crippen molar-refractivity contribution in [1.29, 1.82) is 5.26 Å². The van der Waals surface area contributed by atoms with Crippen LogP contribution in [0.2, 0.25) is 0 Å². The lowest BCUT2D eigenvalue weighted by molar-refractivity contribution is 0.00578. The highest BCUT2D eigenvalue weighted by atomic mass is 19.1. The Labute approximate surface area is 118 Å². The maximum atomic E-state index is 13.9. The molecule has 0 aliphatic carbocycles. The van der Waals surface area contributed by atoms with Crippen LogP contribution >= 0.6 is 0 Å². The second-order valence-electron chi connectivity index (χ2n) is 5.77. The maximum absolute atomic E-state index is 13.9. The first-order valence-electron chi connectivity index (χ1n) is 6.35. The molecule has 1 aromatic carbocycles. The molecule has 106 valence electrons. The number of rotatable bonds is 2. The van der Waals surface area contributed by atoms with Gasteiger partial charge in [-0.15, -0.1) is 0 Å². The summed E-state index contributed by atoms with van der Waals surface area (Å²) in [6.07, 6.45) is 0. The summed E-state index contributed by atoms with van der Waals surface area (Å²) in [5.41, 5.74) is -0.423. The molecule has 0 unspecified atom stereocenters. The lowest BCUT2D eigenvalue weighted by Gasteiger charge is -2.32. The van der Waals surface area contributed by atoms with Crippen LogP contribution in [0.1, 0.15) is 33.3 Å². The molecule has 2 rings (SSSR count). The van der Waals surface area contributed by atoms with Crippen LogP contribution in [-0.2, 0) is 9.31 Å². The van der Waals surface area contributed by atoms with E-state index in [-0.39, 0.29) is 11.3 Å². The third-order valence-electron chi connectivity index (χ3n) is 3.95. The fraction of sp³-hybridized carbons (Fsp3) is 0.500. The van der Waals surface area contributed by atoms with Gasteiger partial charge in [-0.25, -0.2) is 4.39 Å². The largest absolute Gasteiger partial charge is 0.496 e. The molecule has 1 aliphatic rings. The molecule has 6 heteroatoms. The van der Waals surface area contributed by atoms with Gasteiger partial charge in [0.15, 0.2) is 11.6 Å². The molecule has 4 nitrogen and oxygen atoms in total. The molecule has 1 aromatic rings. The summed E-state index contributed by atoms with van der Waals surface area (Å²) < 4.78 is 30.4. The van der Waals surface area contributed by atoms with E-state index in [2.05, 4.69) is 0 Å². The maximum Gasteiger partial charge on any atom is 0.496 e. The molecule has 20 heavy (non-hydrogen) atoms. The van der Waals surface area contributed by atoms with Crippen LogP contribution in [0.25, 0.3) is 0 Å². The fourth-order valence-electron chi connectivity index (χ4n) is 1.99. The molecule has 1 saturated heterocycles. The number of methoxy groups -OCH3 is 1. The Hall–Kier alpha value is -1.58. The molecule has 0 bridgehead atoms. The third kappa shape index (κ3) is 2.28. The molecule has 0 spiro atoms. The fourth-order valence-corrected chi connectivity index (χ4v) is 1.99. The minimum absolute atomic E-state index is 0.0295. The monoisotopic (exact) mass is 277 g/mol. The molecule has 1 aliphatic heterocycles. The number of nitrogens with zero attached hydrogens (tertiary/aromatic N) is 1. The number of ether oxygens (including phenoxy) is 1. The zero-order chi connectivity index (χ0) is 15.1. The number of benzene rings is 1. The van der Waals surface area contributed by atoms with E-state index in [1.54, 1.807) is 0 Å². The minimum Gasteiger partial charge on any atom is -0.494 e. The normalized spacial score (nSPS) is 19.8.